The van der Waals surface area contributed by atoms with Gasteiger partial charge in [0.2, 0.25) is 5.91 Å². The van der Waals surface area contributed by atoms with Gasteiger partial charge < -0.3 is 14.5 Å². The van der Waals surface area contributed by atoms with E-state index in [9.17, 15) is 4.79 Å². The monoisotopic (exact) mass is 304 g/mol. The van der Waals surface area contributed by atoms with Gasteiger partial charge in [0.25, 0.3) is 0 Å². The van der Waals surface area contributed by atoms with E-state index in [-0.39, 0.29) is 17.6 Å². The van der Waals surface area contributed by atoms with E-state index in [2.05, 4.69) is 21.8 Å². The predicted octanol–water partition coefficient (Wildman–Crippen LogP) is 0.0548. The maximum atomic E-state index is 12.7. The van der Waals surface area contributed by atoms with Gasteiger partial charge in [-0.25, -0.2) is 0 Å². The first-order valence-electron chi connectivity index (χ1n) is 7.67. The summed E-state index contributed by atoms with van der Waals surface area (Å²) in [6.07, 6.45) is 1.75. The molecule has 0 aliphatic carbocycles. The maximum Gasteiger partial charge on any atom is 0.242 e. The Hall–Kier alpha value is -1.50. The Morgan fingerprint density at radius 2 is 2.18 bits per heavy atom. The lowest BCUT2D eigenvalue weighted by molar-refractivity contribution is -0.195. The largest absolute Gasteiger partial charge is 0.369 e. The Balaban J connectivity index is 1.58. The van der Waals surface area contributed by atoms with Gasteiger partial charge in [-0.1, -0.05) is 6.07 Å². The molecule has 2 saturated heterocycles. The number of likely N-dealkylation sites (tertiary alicyclic amines) is 1. The van der Waals surface area contributed by atoms with Crippen molar-refractivity contribution in [3.05, 3.63) is 30.1 Å². The van der Waals surface area contributed by atoms with Crippen molar-refractivity contribution in [3.8, 4) is 0 Å². The van der Waals surface area contributed by atoms with Gasteiger partial charge >= 0.3 is 0 Å². The summed E-state index contributed by atoms with van der Waals surface area (Å²) in [5.41, 5.74) is 0.828. The zero-order valence-corrected chi connectivity index (χ0v) is 13.5. The van der Waals surface area contributed by atoms with Gasteiger partial charge in [0, 0.05) is 32.9 Å². The molecule has 1 unspecified atom stereocenters. The third-order valence-corrected chi connectivity index (χ3v) is 4.52. The van der Waals surface area contributed by atoms with Crippen LogP contribution in [0, 0.1) is 0 Å². The van der Waals surface area contributed by atoms with Crippen LogP contribution in [0.4, 0.5) is 0 Å². The van der Waals surface area contributed by atoms with Crippen molar-refractivity contribution in [3.63, 3.8) is 0 Å². The van der Waals surface area contributed by atoms with Crippen molar-refractivity contribution >= 4 is 5.91 Å². The Kier molecular flexibility index (Phi) is 4.16. The first-order chi connectivity index (χ1) is 10.5. The van der Waals surface area contributed by atoms with E-state index >= 15 is 0 Å². The fraction of sp³-hybridized carbons (Fsp3) is 0.625. The van der Waals surface area contributed by atoms with Crippen molar-refractivity contribution < 1.29 is 9.53 Å². The van der Waals surface area contributed by atoms with Crippen LogP contribution in [0.2, 0.25) is 0 Å². The second kappa shape index (κ2) is 5.95. The van der Waals surface area contributed by atoms with Crippen LogP contribution in [-0.2, 0) is 16.1 Å². The summed E-state index contributed by atoms with van der Waals surface area (Å²) in [5.74, 6) is 0.0932. The highest BCUT2D eigenvalue weighted by atomic mass is 16.5. The highest BCUT2D eigenvalue weighted by Gasteiger charge is 2.48. The van der Waals surface area contributed by atoms with Crippen molar-refractivity contribution in [2.45, 2.75) is 18.2 Å². The molecular formula is C16H24N4O2. The summed E-state index contributed by atoms with van der Waals surface area (Å²) in [7, 11) is 5.93. The number of rotatable bonds is 3. The molecule has 1 amide bonds. The number of aromatic nitrogens is 1. The Bertz CT molecular complexity index is 530. The van der Waals surface area contributed by atoms with E-state index < -0.39 is 0 Å². The average molecular weight is 304 g/mol. The van der Waals surface area contributed by atoms with Crippen molar-refractivity contribution in [2.75, 3.05) is 47.4 Å². The smallest absolute Gasteiger partial charge is 0.242 e. The molecule has 0 bridgehead atoms. The molecule has 2 aliphatic rings. The second-order valence-electron chi connectivity index (χ2n) is 6.61. The molecule has 1 aromatic rings. The number of hydrogen-bond donors (Lipinski definition) is 0. The number of carbonyl (C=O) groups excluding carboxylic acids is 1. The number of carbonyl (C=O) groups is 1. The Morgan fingerprint density at radius 3 is 2.77 bits per heavy atom. The summed E-state index contributed by atoms with van der Waals surface area (Å²) in [4.78, 5) is 23.0. The fourth-order valence-electron chi connectivity index (χ4n) is 3.45. The summed E-state index contributed by atoms with van der Waals surface area (Å²) in [6, 6.07) is 5.55. The Labute approximate surface area is 131 Å². The summed E-state index contributed by atoms with van der Waals surface area (Å²) in [5, 5.41) is 0. The van der Waals surface area contributed by atoms with Crippen LogP contribution in [0.3, 0.4) is 0 Å². The minimum absolute atomic E-state index is 0.0696. The molecule has 6 heteroatoms. The molecule has 1 aromatic heterocycles. The first-order valence-corrected chi connectivity index (χ1v) is 7.67. The molecule has 2 fully saturated rings. The van der Waals surface area contributed by atoms with Crippen LogP contribution in [0.25, 0.3) is 0 Å². The van der Waals surface area contributed by atoms with Gasteiger partial charge in [-0.3, -0.25) is 14.7 Å². The number of morpholine rings is 1. The number of amides is 1. The molecule has 0 radical (unpaired) electrons. The first kappa shape index (κ1) is 15.4. The van der Waals surface area contributed by atoms with E-state index in [0.29, 0.717) is 13.2 Å². The lowest BCUT2D eigenvalue weighted by Crippen LogP contribution is -2.71. The molecular weight excluding hydrogens is 280 g/mol. The minimum Gasteiger partial charge on any atom is -0.369 e. The van der Waals surface area contributed by atoms with Gasteiger partial charge in [0.15, 0.2) is 0 Å². The lowest BCUT2D eigenvalue weighted by Gasteiger charge is -2.54. The van der Waals surface area contributed by atoms with Crippen molar-refractivity contribution in [1.29, 1.82) is 0 Å². The highest BCUT2D eigenvalue weighted by Crippen LogP contribution is 2.29. The minimum atomic E-state index is -0.203. The normalized spacial score (nSPS) is 25.0. The van der Waals surface area contributed by atoms with Gasteiger partial charge in [-0.15, -0.1) is 0 Å². The average Bonchev–Trinajstić information content (AvgIpc) is 2.46. The topological polar surface area (TPSA) is 48.9 Å². The molecule has 120 valence electrons. The zero-order valence-electron chi connectivity index (χ0n) is 13.5. The highest BCUT2D eigenvalue weighted by molar-refractivity contribution is 5.82. The second-order valence-corrected chi connectivity index (χ2v) is 6.61. The number of likely N-dealkylation sites (N-methyl/N-ethyl adjacent to an activating group) is 3. The predicted molar refractivity (Wildman–Crippen MR) is 83.3 cm³/mol. The molecule has 1 atom stereocenters. The van der Waals surface area contributed by atoms with Crippen LogP contribution in [-0.4, -0.2) is 84.6 Å². The quantitative estimate of drug-likeness (QED) is 0.790. The molecule has 22 heavy (non-hydrogen) atoms. The Morgan fingerprint density at radius 1 is 1.41 bits per heavy atom. The van der Waals surface area contributed by atoms with Crippen LogP contribution in [0.1, 0.15) is 5.69 Å². The van der Waals surface area contributed by atoms with Gasteiger partial charge in [-0.2, -0.15) is 0 Å². The molecule has 2 aliphatic heterocycles. The molecule has 3 heterocycles. The standard InChI is InChI=1S/C16H24N4O2/c1-18-10-16(11-18)12-20(3)14(9-22-16)15(21)19(2)8-13-6-4-5-7-17-13/h4-7,14H,8-12H2,1-3H3. The zero-order chi connectivity index (χ0) is 15.7. The third-order valence-electron chi connectivity index (χ3n) is 4.52. The van der Waals surface area contributed by atoms with E-state index in [1.54, 1.807) is 11.1 Å². The van der Waals surface area contributed by atoms with Gasteiger partial charge in [0.1, 0.15) is 11.6 Å². The summed E-state index contributed by atoms with van der Waals surface area (Å²) >= 11 is 0. The number of nitrogens with zero attached hydrogens (tertiary/aromatic N) is 4. The van der Waals surface area contributed by atoms with Gasteiger partial charge in [0.05, 0.1) is 18.8 Å². The molecule has 3 rings (SSSR count). The molecule has 0 aromatic carbocycles. The van der Waals surface area contributed by atoms with Gasteiger partial charge in [-0.05, 0) is 26.2 Å². The van der Waals surface area contributed by atoms with Crippen molar-refractivity contribution in [2.24, 2.45) is 0 Å². The van der Waals surface area contributed by atoms with E-state index in [0.717, 1.165) is 25.3 Å². The number of hydrogen-bond acceptors (Lipinski definition) is 5. The van der Waals surface area contributed by atoms with Crippen LogP contribution in [0.15, 0.2) is 24.4 Å². The number of ether oxygens (including phenoxy) is 1. The SMILES string of the molecule is CN1CC2(C1)CN(C)C(C(=O)N(C)Cc1ccccn1)CO2. The van der Waals surface area contributed by atoms with E-state index in [1.807, 2.05) is 32.3 Å². The number of pyridine rings is 1. The summed E-state index contributed by atoms with van der Waals surface area (Å²) in [6.45, 7) is 3.70. The van der Waals surface area contributed by atoms with Crippen molar-refractivity contribution in [1.82, 2.24) is 19.7 Å². The van der Waals surface area contributed by atoms with Crippen LogP contribution in [0.5, 0.6) is 0 Å². The third kappa shape index (κ3) is 2.99. The molecule has 1 spiro atoms. The molecule has 6 nitrogen and oxygen atoms in total. The summed E-state index contributed by atoms with van der Waals surface area (Å²) < 4.78 is 6.03. The maximum absolute atomic E-state index is 12.7. The lowest BCUT2D eigenvalue weighted by atomic mass is 9.91. The van der Waals surface area contributed by atoms with Crippen LogP contribution < -0.4 is 0 Å². The van der Waals surface area contributed by atoms with Crippen LogP contribution >= 0.6 is 0 Å². The van der Waals surface area contributed by atoms with E-state index in [1.165, 1.54) is 0 Å². The molecule has 0 N–H and O–H groups in total. The van der Waals surface area contributed by atoms with E-state index in [4.69, 9.17) is 4.74 Å². The fourth-order valence-corrected chi connectivity index (χ4v) is 3.45. The molecule has 0 saturated carbocycles.